The number of aliphatic hydroxyl groups excluding tert-OH is 1. The quantitative estimate of drug-likeness (QED) is 0.492. The number of ether oxygens (including phenoxy) is 1. The minimum absolute atomic E-state index is 0.0459. The van der Waals surface area contributed by atoms with E-state index in [0.717, 1.165) is 24.0 Å². The van der Waals surface area contributed by atoms with Gasteiger partial charge in [-0.25, -0.2) is 0 Å². The van der Waals surface area contributed by atoms with Crippen molar-refractivity contribution in [2.45, 2.75) is 58.2 Å². The molecule has 0 aliphatic heterocycles. The van der Waals surface area contributed by atoms with Gasteiger partial charge in [-0.3, -0.25) is 0 Å². The Balaban J connectivity index is 1.61. The average Bonchev–Trinajstić information content (AvgIpc) is 3.37. The zero-order chi connectivity index (χ0) is 22.2. The Morgan fingerprint density at radius 3 is 2.81 bits per heavy atom. The van der Waals surface area contributed by atoms with Crippen molar-refractivity contribution in [2.24, 2.45) is 0 Å². The molecule has 0 saturated heterocycles. The van der Waals surface area contributed by atoms with Crippen LogP contribution in [0.2, 0.25) is 0 Å². The Labute approximate surface area is 182 Å². The van der Waals surface area contributed by atoms with E-state index in [1.165, 1.54) is 11.1 Å². The average molecular weight is 423 g/mol. The van der Waals surface area contributed by atoms with Gasteiger partial charge in [0.1, 0.15) is 5.75 Å². The molecule has 4 rings (SSSR count). The van der Waals surface area contributed by atoms with E-state index in [4.69, 9.17) is 15.0 Å². The van der Waals surface area contributed by atoms with E-state index in [1.54, 1.807) is 6.07 Å². The molecule has 0 amide bonds. The van der Waals surface area contributed by atoms with Gasteiger partial charge in [0.05, 0.1) is 18.4 Å². The summed E-state index contributed by atoms with van der Waals surface area (Å²) in [5, 5.41) is 17.4. The Kier molecular flexibility index (Phi) is 5.73. The largest absolute Gasteiger partial charge is 0.489 e. The Hall–Kier alpha value is -2.90. The van der Waals surface area contributed by atoms with Gasteiger partial charge in [0, 0.05) is 22.7 Å². The van der Waals surface area contributed by atoms with Gasteiger partial charge in [-0.1, -0.05) is 23.4 Å². The molecular weight excluding hydrogens is 392 g/mol. The van der Waals surface area contributed by atoms with Gasteiger partial charge in [-0.2, -0.15) is 4.98 Å². The van der Waals surface area contributed by atoms with Crippen LogP contribution < -0.4 is 15.8 Å². The predicted octanol–water partition coefficient (Wildman–Crippen LogP) is 4.12. The molecule has 0 spiro atoms. The van der Waals surface area contributed by atoms with Gasteiger partial charge in [0.25, 0.3) is 5.89 Å². The third kappa shape index (κ3) is 4.43. The number of aromatic nitrogens is 2. The first-order valence-electron chi connectivity index (χ1n) is 10.7. The van der Waals surface area contributed by atoms with Crippen molar-refractivity contribution in [1.29, 1.82) is 0 Å². The van der Waals surface area contributed by atoms with Gasteiger partial charge in [-0.05, 0) is 69.9 Å². The van der Waals surface area contributed by atoms with Gasteiger partial charge in [-0.15, -0.1) is 0 Å². The molecule has 2 aromatic carbocycles. The number of aliphatic hydroxyl groups is 1. The number of nitrogens with zero attached hydrogens (tertiary/aromatic N) is 2. The molecule has 1 atom stereocenters. The van der Waals surface area contributed by atoms with Gasteiger partial charge in [0.15, 0.2) is 0 Å². The highest BCUT2D eigenvalue weighted by atomic mass is 16.5. The fourth-order valence-corrected chi connectivity index (χ4v) is 4.02. The van der Waals surface area contributed by atoms with Crippen LogP contribution in [-0.4, -0.2) is 33.5 Å². The fraction of sp³-hybridized carbons (Fsp3) is 0.417. The maximum absolute atomic E-state index is 9.61. The number of rotatable bonds is 7. The standard InChI is InChI=1S/C24H30N4O3/c1-14(2)30-21-11-8-15(12-19(21)25)23-26-22(28-31-23)18-7-5-6-17-16(18)9-10-20(17)27-24(3,4)13-29/h5-8,11-12,14,20,27,29H,9-10,13,25H2,1-4H3. The highest BCUT2D eigenvalue weighted by Gasteiger charge is 2.30. The Bertz CT molecular complexity index is 1070. The Morgan fingerprint density at radius 2 is 2.10 bits per heavy atom. The van der Waals surface area contributed by atoms with E-state index < -0.39 is 0 Å². The zero-order valence-electron chi connectivity index (χ0n) is 18.5. The number of nitrogen functional groups attached to an aromatic ring is 1. The van der Waals surface area contributed by atoms with Crippen LogP contribution in [-0.2, 0) is 6.42 Å². The summed E-state index contributed by atoms with van der Waals surface area (Å²) >= 11 is 0. The van der Waals surface area contributed by atoms with Gasteiger partial charge < -0.3 is 25.4 Å². The lowest BCUT2D eigenvalue weighted by molar-refractivity contribution is 0.175. The molecule has 31 heavy (non-hydrogen) atoms. The highest BCUT2D eigenvalue weighted by Crippen LogP contribution is 2.38. The minimum atomic E-state index is -0.340. The summed E-state index contributed by atoms with van der Waals surface area (Å²) in [6, 6.07) is 11.9. The molecular formula is C24H30N4O3. The van der Waals surface area contributed by atoms with Crippen LogP contribution in [0.25, 0.3) is 22.8 Å². The van der Waals surface area contributed by atoms with Gasteiger partial charge >= 0.3 is 0 Å². The molecule has 1 aliphatic rings. The summed E-state index contributed by atoms with van der Waals surface area (Å²) in [6.07, 6.45) is 1.93. The first kappa shape index (κ1) is 21.3. The number of hydrogen-bond acceptors (Lipinski definition) is 7. The summed E-state index contributed by atoms with van der Waals surface area (Å²) in [7, 11) is 0. The topological polar surface area (TPSA) is 106 Å². The lowest BCUT2D eigenvalue weighted by Crippen LogP contribution is -2.44. The predicted molar refractivity (Wildman–Crippen MR) is 121 cm³/mol. The smallest absolute Gasteiger partial charge is 0.258 e. The maximum atomic E-state index is 9.61. The molecule has 0 saturated carbocycles. The molecule has 1 aromatic heterocycles. The summed E-state index contributed by atoms with van der Waals surface area (Å²) in [6.45, 7) is 8.01. The van der Waals surface area contributed by atoms with Crippen molar-refractivity contribution in [2.75, 3.05) is 12.3 Å². The normalized spacial score (nSPS) is 16.0. The second kappa shape index (κ2) is 8.32. The SMILES string of the molecule is CC(C)Oc1ccc(-c2nc(-c3cccc4c3CCC4NC(C)(C)CO)no2)cc1N. The van der Waals surface area contributed by atoms with E-state index in [0.29, 0.717) is 23.2 Å². The molecule has 7 heteroatoms. The zero-order valence-corrected chi connectivity index (χ0v) is 18.5. The van der Waals surface area contributed by atoms with E-state index in [1.807, 2.05) is 52.0 Å². The number of nitrogens with one attached hydrogen (secondary N) is 1. The first-order valence-corrected chi connectivity index (χ1v) is 10.7. The molecule has 0 radical (unpaired) electrons. The van der Waals surface area contributed by atoms with Crippen molar-refractivity contribution < 1.29 is 14.4 Å². The van der Waals surface area contributed by atoms with Crippen molar-refractivity contribution in [3.8, 4) is 28.6 Å². The summed E-state index contributed by atoms with van der Waals surface area (Å²) < 4.78 is 11.3. The fourth-order valence-electron chi connectivity index (χ4n) is 4.02. The van der Waals surface area contributed by atoms with E-state index in [2.05, 4.69) is 21.5 Å². The highest BCUT2D eigenvalue weighted by molar-refractivity contribution is 5.69. The number of anilines is 1. The molecule has 4 N–H and O–H groups in total. The second-order valence-electron chi connectivity index (χ2n) is 8.99. The molecule has 164 valence electrons. The van der Waals surface area contributed by atoms with Crippen LogP contribution >= 0.6 is 0 Å². The van der Waals surface area contributed by atoms with Crippen LogP contribution in [0.5, 0.6) is 5.75 Å². The summed E-state index contributed by atoms with van der Waals surface area (Å²) in [5.41, 5.74) is 10.5. The van der Waals surface area contributed by atoms with Crippen molar-refractivity contribution >= 4 is 5.69 Å². The monoisotopic (exact) mass is 422 g/mol. The van der Waals surface area contributed by atoms with Crippen LogP contribution in [0, 0.1) is 0 Å². The van der Waals surface area contributed by atoms with Crippen molar-refractivity contribution in [3.05, 3.63) is 47.5 Å². The van der Waals surface area contributed by atoms with Crippen molar-refractivity contribution in [1.82, 2.24) is 15.5 Å². The third-order valence-corrected chi connectivity index (χ3v) is 5.52. The minimum Gasteiger partial charge on any atom is -0.489 e. The number of fused-ring (bicyclic) bond motifs is 1. The summed E-state index contributed by atoms with van der Waals surface area (Å²) in [4.78, 5) is 4.64. The second-order valence-corrected chi connectivity index (χ2v) is 8.99. The molecule has 0 fully saturated rings. The molecule has 0 bridgehead atoms. The third-order valence-electron chi connectivity index (χ3n) is 5.52. The van der Waals surface area contributed by atoms with Gasteiger partial charge in [0.2, 0.25) is 5.82 Å². The number of hydrogen-bond donors (Lipinski definition) is 3. The number of benzene rings is 2. The van der Waals surface area contributed by atoms with E-state index >= 15 is 0 Å². The number of nitrogens with two attached hydrogens (primary N) is 1. The summed E-state index contributed by atoms with van der Waals surface area (Å²) in [5.74, 6) is 1.63. The maximum Gasteiger partial charge on any atom is 0.258 e. The van der Waals surface area contributed by atoms with Crippen LogP contribution in [0.1, 0.15) is 51.3 Å². The van der Waals surface area contributed by atoms with Crippen LogP contribution in [0.15, 0.2) is 40.9 Å². The molecule has 1 aliphatic carbocycles. The van der Waals surface area contributed by atoms with E-state index in [-0.39, 0.29) is 24.3 Å². The lowest BCUT2D eigenvalue weighted by atomic mass is 9.99. The molecule has 1 unspecified atom stereocenters. The first-order chi connectivity index (χ1) is 14.8. The molecule has 3 aromatic rings. The molecule has 1 heterocycles. The molecule has 7 nitrogen and oxygen atoms in total. The lowest BCUT2D eigenvalue weighted by Gasteiger charge is -2.28. The van der Waals surface area contributed by atoms with Crippen LogP contribution in [0.4, 0.5) is 5.69 Å². The van der Waals surface area contributed by atoms with Crippen LogP contribution in [0.3, 0.4) is 0 Å². The van der Waals surface area contributed by atoms with Crippen molar-refractivity contribution in [3.63, 3.8) is 0 Å². The van der Waals surface area contributed by atoms with E-state index in [9.17, 15) is 5.11 Å². The Morgan fingerprint density at radius 1 is 1.29 bits per heavy atom.